The number of guanidine groups is 1. The van der Waals surface area contributed by atoms with Crippen LogP contribution in [0.3, 0.4) is 0 Å². The fourth-order valence-electron chi connectivity index (χ4n) is 2.30. The molecule has 0 bridgehead atoms. The van der Waals surface area contributed by atoms with Gasteiger partial charge in [0.05, 0.1) is 5.69 Å². The molecule has 2 aromatic carbocycles. The average molecular weight is 252 g/mol. The number of hydrogen-bond acceptors (Lipinski definition) is 4. The molecule has 1 atom stereocenters. The molecule has 19 heavy (non-hydrogen) atoms. The first-order valence-electron chi connectivity index (χ1n) is 6.25. The van der Waals surface area contributed by atoms with Gasteiger partial charge in [-0.15, -0.1) is 0 Å². The van der Waals surface area contributed by atoms with Gasteiger partial charge in [0.1, 0.15) is 6.17 Å². The Kier molecular flexibility index (Phi) is 2.93. The average Bonchev–Trinajstić information content (AvgIpc) is 2.45. The molecule has 1 aliphatic heterocycles. The maximum atomic E-state index is 6.29. The summed E-state index contributed by atoms with van der Waals surface area (Å²) in [5.41, 5.74) is 15.3. The molecule has 1 heterocycles. The minimum atomic E-state index is -0.256. The Morgan fingerprint density at radius 1 is 1.00 bits per heavy atom. The number of benzene rings is 2. The first-order chi connectivity index (χ1) is 9.25. The molecule has 0 aliphatic carbocycles. The number of nitrogens with zero attached hydrogens (tertiary/aromatic N) is 2. The summed E-state index contributed by atoms with van der Waals surface area (Å²) in [5, 5.41) is 0. The largest absolute Gasteiger partial charge is 0.369 e. The van der Waals surface area contributed by atoms with E-state index in [1.54, 1.807) is 0 Å². The summed E-state index contributed by atoms with van der Waals surface area (Å²) in [6.45, 7) is 0.658. The Morgan fingerprint density at radius 2 is 1.68 bits per heavy atom. The SMILES string of the molecule is NC1=Nc2ccccc2C(N)N1Cc1ccccc1. The van der Waals surface area contributed by atoms with Crippen LogP contribution in [0, 0.1) is 0 Å². The molecule has 0 aromatic heterocycles. The van der Waals surface area contributed by atoms with Crippen LogP contribution < -0.4 is 11.5 Å². The first kappa shape index (κ1) is 11.7. The Bertz CT molecular complexity index is 607. The smallest absolute Gasteiger partial charge is 0.198 e. The van der Waals surface area contributed by atoms with Crippen molar-refractivity contribution in [3.63, 3.8) is 0 Å². The van der Waals surface area contributed by atoms with E-state index in [9.17, 15) is 0 Å². The topological polar surface area (TPSA) is 67.6 Å². The lowest BCUT2D eigenvalue weighted by atomic mass is 10.1. The highest BCUT2D eigenvalue weighted by Crippen LogP contribution is 2.31. The van der Waals surface area contributed by atoms with Gasteiger partial charge in [-0.2, -0.15) is 0 Å². The second kappa shape index (κ2) is 4.74. The number of para-hydroxylation sites is 1. The molecule has 0 amide bonds. The Hall–Kier alpha value is -2.33. The van der Waals surface area contributed by atoms with E-state index in [-0.39, 0.29) is 6.17 Å². The molecule has 3 rings (SSSR count). The molecule has 4 heteroatoms. The Labute approximate surface area is 112 Å². The number of rotatable bonds is 2. The normalized spacial score (nSPS) is 17.8. The van der Waals surface area contributed by atoms with Gasteiger partial charge in [0.15, 0.2) is 5.96 Å². The fraction of sp³-hybridized carbons (Fsp3) is 0.133. The molecule has 1 unspecified atom stereocenters. The van der Waals surface area contributed by atoms with Crippen LogP contribution >= 0.6 is 0 Å². The predicted molar refractivity (Wildman–Crippen MR) is 76.6 cm³/mol. The Balaban J connectivity index is 1.92. The van der Waals surface area contributed by atoms with Gasteiger partial charge < -0.3 is 16.4 Å². The van der Waals surface area contributed by atoms with Crippen molar-refractivity contribution in [2.75, 3.05) is 0 Å². The van der Waals surface area contributed by atoms with Gasteiger partial charge in [0.2, 0.25) is 0 Å². The second-order valence-corrected chi connectivity index (χ2v) is 4.59. The number of nitrogens with two attached hydrogens (primary N) is 2. The van der Waals surface area contributed by atoms with Crippen molar-refractivity contribution < 1.29 is 0 Å². The zero-order chi connectivity index (χ0) is 13.2. The predicted octanol–water partition coefficient (Wildman–Crippen LogP) is 2.11. The van der Waals surface area contributed by atoms with E-state index < -0.39 is 0 Å². The van der Waals surface area contributed by atoms with Gasteiger partial charge in [0.25, 0.3) is 0 Å². The molecule has 0 fully saturated rings. The summed E-state index contributed by atoms with van der Waals surface area (Å²) < 4.78 is 0. The number of fused-ring (bicyclic) bond motifs is 1. The standard InChI is InChI=1S/C15H16N4/c16-14-12-8-4-5-9-13(12)18-15(17)19(14)10-11-6-2-1-3-7-11/h1-9,14H,10,16H2,(H2,17,18). The Morgan fingerprint density at radius 3 is 2.47 bits per heavy atom. The highest BCUT2D eigenvalue weighted by atomic mass is 15.3. The summed E-state index contributed by atoms with van der Waals surface area (Å²) in [7, 11) is 0. The third kappa shape index (κ3) is 2.18. The van der Waals surface area contributed by atoms with Crippen molar-refractivity contribution in [2.24, 2.45) is 16.5 Å². The molecule has 0 spiro atoms. The summed E-state index contributed by atoms with van der Waals surface area (Å²) in [6.07, 6.45) is -0.256. The van der Waals surface area contributed by atoms with Crippen molar-refractivity contribution in [3.05, 3.63) is 65.7 Å². The van der Waals surface area contributed by atoms with E-state index >= 15 is 0 Å². The third-order valence-electron chi connectivity index (χ3n) is 3.32. The van der Waals surface area contributed by atoms with Crippen LogP contribution in [0.1, 0.15) is 17.3 Å². The van der Waals surface area contributed by atoms with Gasteiger partial charge in [-0.1, -0.05) is 48.5 Å². The summed E-state index contributed by atoms with van der Waals surface area (Å²) in [6, 6.07) is 18.0. The van der Waals surface area contributed by atoms with Gasteiger partial charge in [-0.25, -0.2) is 4.99 Å². The van der Waals surface area contributed by atoms with Gasteiger partial charge in [-0.05, 0) is 11.6 Å². The van der Waals surface area contributed by atoms with E-state index in [2.05, 4.69) is 17.1 Å². The van der Waals surface area contributed by atoms with Gasteiger partial charge in [0, 0.05) is 12.1 Å². The van der Waals surface area contributed by atoms with Crippen LogP contribution in [0.2, 0.25) is 0 Å². The van der Waals surface area contributed by atoms with Gasteiger partial charge in [-0.3, -0.25) is 0 Å². The van der Waals surface area contributed by atoms with Crippen molar-refractivity contribution in [2.45, 2.75) is 12.7 Å². The van der Waals surface area contributed by atoms with Crippen LogP contribution in [-0.4, -0.2) is 10.9 Å². The lowest BCUT2D eigenvalue weighted by Gasteiger charge is -2.34. The highest BCUT2D eigenvalue weighted by molar-refractivity contribution is 5.84. The maximum Gasteiger partial charge on any atom is 0.198 e. The lowest BCUT2D eigenvalue weighted by molar-refractivity contribution is 0.307. The monoisotopic (exact) mass is 252 g/mol. The van der Waals surface area contributed by atoms with Crippen LogP contribution in [0.15, 0.2) is 59.6 Å². The number of aliphatic imine (C=N–C) groups is 1. The fourth-order valence-corrected chi connectivity index (χ4v) is 2.30. The number of hydrogen-bond donors (Lipinski definition) is 2. The summed E-state index contributed by atoms with van der Waals surface area (Å²) in [5.74, 6) is 0.468. The van der Waals surface area contributed by atoms with E-state index in [0.717, 1.165) is 16.8 Å². The second-order valence-electron chi connectivity index (χ2n) is 4.59. The minimum absolute atomic E-state index is 0.256. The molecule has 96 valence electrons. The van der Waals surface area contributed by atoms with Crippen molar-refractivity contribution >= 4 is 11.6 Å². The van der Waals surface area contributed by atoms with Gasteiger partial charge >= 0.3 is 0 Å². The molecule has 1 aliphatic rings. The third-order valence-corrected chi connectivity index (χ3v) is 3.32. The molecule has 4 N–H and O–H groups in total. The van der Waals surface area contributed by atoms with E-state index in [1.807, 2.05) is 47.4 Å². The molecule has 0 radical (unpaired) electrons. The lowest BCUT2D eigenvalue weighted by Crippen LogP contribution is -2.45. The summed E-state index contributed by atoms with van der Waals surface area (Å²) >= 11 is 0. The van der Waals surface area contributed by atoms with Crippen LogP contribution in [0.4, 0.5) is 5.69 Å². The molecular formula is C15H16N4. The van der Waals surface area contributed by atoms with Crippen LogP contribution in [-0.2, 0) is 6.54 Å². The highest BCUT2D eigenvalue weighted by Gasteiger charge is 2.25. The zero-order valence-corrected chi connectivity index (χ0v) is 10.5. The maximum absolute atomic E-state index is 6.29. The van der Waals surface area contributed by atoms with E-state index in [4.69, 9.17) is 11.5 Å². The molecule has 2 aromatic rings. The quantitative estimate of drug-likeness (QED) is 0.860. The van der Waals surface area contributed by atoms with Crippen LogP contribution in [0.25, 0.3) is 0 Å². The first-order valence-corrected chi connectivity index (χ1v) is 6.25. The molecule has 4 nitrogen and oxygen atoms in total. The molecular weight excluding hydrogens is 236 g/mol. The van der Waals surface area contributed by atoms with Crippen LogP contribution in [0.5, 0.6) is 0 Å². The van der Waals surface area contributed by atoms with Crippen molar-refractivity contribution in [1.82, 2.24) is 4.90 Å². The minimum Gasteiger partial charge on any atom is -0.369 e. The zero-order valence-electron chi connectivity index (χ0n) is 10.5. The summed E-state index contributed by atoms with van der Waals surface area (Å²) in [4.78, 5) is 6.33. The van der Waals surface area contributed by atoms with E-state index in [1.165, 1.54) is 0 Å². The van der Waals surface area contributed by atoms with Crippen molar-refractivity contribution in [3.8, 4) is 0 Å². The van der Waals surface area contributed by atoms with E-state index in [0.29, 0.717) is 12.5 Å². The van der Waals surface area contributed by atoms with Crippen molar-refractivity contribution in [1.29, 1.82) is 0 Å². The molecule has 0 saturated carbocycles. The molecule has 0 saturated heterocycles.